The highest BCUT2D eigenvalue weighted by molar-refractivity contribution is 6.23. The van der Waals surface area contributed by atoms with Crippen LogP contribution in [0.2, 0.25) is 0 Å². The number of aromatic hydroxyl groups is 1. The summed E-state index contributed by atoms with van der Waals surface area (Å²) in [6, 6.07) is 22.9. The van der Waals surface area contributed by atoms with E-state index in [1.807, 2.05) is 55.5 Å². The van der Waals surface area contributed by atoms with Crippen LogP contribution >= 0.6 is 0 Å². The number of anilines is 2. The van der Waals surface area contributed by atoms with Crippen LogP contribution in [-0.2, 0) is 14.4 Å². The molecule has 0 unspecified atom stereocenters. The summed E-state index contributed by atoms with van der Waals surface area (Å²) in [5.74, 6) is -1.21. The van der Waals surface area contributed by atoms with Gasteiger partial charge >= 0.3 is 0 Å². The largest absolute Gasteiger partial charge is 0.508 e. The van der Waals surface area contributed by atoms with Crippen molar-refractivity contribution in [2.45, 2.75) is 19.1 Å². The average molecular weight is 400 g/mol. The van der Waals surface area contributed by atoms with Gasteiger partial charge in [0, 0.05) is 0 Å². The molecule has 2 amide bonds. The van der Waals surface area contributed by atoms with Crippen molar-refractivity contribution >= 4 is 23.2 Å². The van der Waals surface area contributed by atoms with Crippen molar-refractivity contribution in [3.8, 4) is 5.75 Å². The Kier molecular flexibility index (Phi) is 4.29. The zero-order valence-electron chi connectivity index (χ0n) is 16.3. The molecule has 0 bridgehead atoms. The first-order valence-electron chi connectivity index (χ1n) is 9.79. The van der Waals surface area contributed by atoms with Gasteiger partial charge in [0.15, 0.2) is 6.10 Å². The number of amides is 2. The SMILES string of the molecule is Cc1cccc(N2C(=O)[C@@H]3[C@H](ON(c4ccccc4)[C@H]3c3ccc(O)cc3)C2=O)c1. The molecule has 3 atom stereocenters. The molecule has 30 heavy (non-hydrogen) atoms. The summed E-state index contributed by atoms with van der Waals surface area (Å²) in [6.45, 7) is 1.92. The summed E-state index contributed by atoms with van der Waals surface area (Å²) in [6.07, 6.45) is -0.906. The fraction of sp³-hybridized carbons (Fsp3) is 0.167. The van der Waals surface area contributed by atoms with Crippen molar-refractivity contribution in [1.82, 2.24) is 0 Å². The van der Waals surface area contributed by atoms with Gasteiger partial charge in [0.05, 0.1) is 17.4 Å². The van der Waals surface area contributed by atoms with Crippen LogP contribution in [0.25, 0.3) is 0 Å². The Balaban J connectivity index is 1.59. The fourth-order valence-corrected chi connectivity index (χ4v) is 4.25. The van der Waals surface area contributed by atoms with E-state index in [1.54, 1.807) is 35.4 Å². The summed E-state index contributed by atoms with van der Waals surface area (Å²) < 4.78 is 0. The zero-order chi connectivity index (χ0) is 20.8. The molecule has 0 aliphatic carbocycles. The lowest BCUT2D eigenvalue weighted by Gasteiger charge is -2.28. The van der Waals surface area contributed by atoms with Crippen LogP contribution in [0.3, 0.4) is 0 Å². The van der Waals surface area contributed by atoms with E-state index >= 15 is 0 Å². The number of benzene rings is 3. The van der Waals surface area contributed by atoms with Gasteiger partial charge in [-0.15, -0.1) is 0 Å². The zero-order valence-corrected chi connectivity index (χ0v) is 16.3. The first kappa shape index (κ1) is 18.4. The minimum Gasteiger partial charge on any atom is -0.508 e. The van der Waals surface area contributed by atoms with Crippen LogP contribution in [0, 0.1) is 12.8 Å². The Morgan fingerprint density at radius 1 is 0.833 bits per heavy atom. The molecule has 0 aromatic heterocycles. The van der Waals surface area contributed by atoms with E-state index in [2.05, 4.69) is 0 Å². The van der Waals surface area contributed by atoms with Crippen molar-refractivity contribution in [1.29, 1.82) is 0 Å². The Morgan fingerprint density at radius 3 is 2.23 bits per heavy atom. The quantitative estimate of drug-likeness (QED) is 0.678. The number of phenols is 1. The maximum absolute atomic E-state index is 13.5. The molecule has 6 nitrogen and oxygen atoms in total. The minimum absolute atomic E-state index is 0.135. The molecule has 0 saturated carbocycles. The Bertz CT molecular complexity index is 1110. The highest BCUT2D eigenvalue weighted by Gasteiger charge is 2.60. The lowest BCUT2D eigenvalue weighted by atomic mass is 9.90. The molecule has 2 saturated heterocycles. The van der Waals surface area contributed by atoms with Gasteiger partial charge in [-0.05, 0) is 54.4 Å². The number of para-hydroxylation sites is 1. The predicted octanol–water partition coefficient (Wildman–Crippen LogP) is 3.75. The van der Waals surface area contributed by atoms with E-state index in [0.717, 1.165) is 16.8 Å². The molecule has 0 radical (unpaired) electrons. The number of hydrogen-bond donors (Lipinski definition) is 1. The van der Waals surface area contributed by atoms with Gasteiger partial charge in [-0.3, -0.25) is 14.4 Å². The number of phenolic OH excluding ortho intramolecular Hbond substituents is 1. The van der Waals surface area contributed by atoms with Crippen molar-refractivity contribution in [3.05, 3.63) is 90.0 Å². The number of carbonyl (C=O) groups excluding carboxylic acids is 2. The van der Waals surface area contributed by atoms with Gasteiger partial charge in [0.2, 0.25) is 5.91 Å². The van der Waals surface area contributed by atoms with Crippen LogP contribution in [0.15, 0.2) is 78.9 Å². The molecule has 2 aliphatic rings. The molecule has 2 fully saturated rings. The second kappa shape index (κ2) is 7.00. The second-order valence-corrected chi connectivity index (χ2v) is 7.60. The predicted molar refractivity (Wildman–Crippen MR) is 112 cm³/mol. The van der Waals surface area contributed by atoms with E-state index in [9.17, 15) is 14.7 Å². The number of carbonyl (C=O) groups is 2. The van der Waals surface area contributed by atoms with E-state index < -0.39 is 18.1 Å². The van der Waals surface area contributed by atoms with Crippen molar-refractivity contribution in [2.24, 2.45) is 5.92 Å². The Labute approximate surface area is 173 Å². The summed E-state index contributed by atoms with van der Waals surface area (Å²) in [4.78, 5) is 34.0. The number of aryl methyl sites for hydroxylation is 1. The molecule has 6 heteroatoms. The molecule has 3 aromatic carbocycles. The Hall–Kier alpha value is -3.64. The first-order chi connectivity index (χ1) is 14.5. The number of hydroxylamine groups is 1. The normalized spacial score (nSPS) is 23.2. The molecule has 3 aromatic rings. The van der Waals surface area contributed by atoms with Gasteiger partial charge < -0.3 is 5.11 Å². The fourth-order valence-electron chi connectivity index (χ4n) is 4.25. The summed E-state index contributed by atoms with van der Waals surface area (Å²) in [7, 11) is 0. The van der Waals surface area contributed by atoms with Crippen molar-refractivity contribution in [3.63, 3.8) is 0 Å². The van der Waals surface area contributed by atoms with Crippen LogP contribution in [0.1, 0.15) is 17.2 Å². The maximum atomic E-state index is 13.5. The van der Waals surface area contributed by atoms with Crippen LogP contribution < -0.4 is 9.96 Å². The third-order valence-corrected chi connectivity index (χ3v) is 5.62. The third-order valence-electron chi connectivity index (χ3n) is 5.62. The Morgan fingerprint density at radius 2 is 1.53 bits per heavy atom. The number of hydrogen-bond acceptors (Lipinski definition) is 5. The van der Waals surface area contributed by atoms with Crippen LogP contribution in [0.5, 0.6) is 5.75 Å². The topological polar surface area (TPSA) is 70.1 Å². The third kappa shape index (κ3) is 2.84. The van der Waals surface area contributed by atoms with Crippen molar-refractivity contribution in [2.75, 3.05) is 9.96 Å². The van der Waals surface area contributed by atoms with E-state index in [1.165, 1.54) is 4.90 Å². The standard InChI is InChI=1S/C24H20N2O4/c1-15-6-5-9-18(14-15)25-23(28)20-21(16-10-12-19(27)13-11-16)26(30-22(20)24(25)29)17-7-3-2-4-8-17/h2-14,20-22,27H,1H3/t20-,21-,22-/m0/s1. The average Bonchev–Trinajstić information content (AvgIpc) is 3.26. The van der Waals surface area contributed by atoms with Gasteiger partial charge in [-0.2, -0.15) is 0 Å². The van der Waals surface area contributed by atoms with Gasteiger partial charge in [0.1, 0.15) is 11.7 Å². The molecule has 2 heterocycles. The molecule has 1 N–H and O–H groups in total. The summed E-state index contributed by atoms with van der Waals surface area (Å²) >= 11 is 0. The van der Waals surface area contributed by atoms with Gasteiger partial charge in [-0.25, -0.2) is 9.96 Å². The lowest BCUT2D eigenvalue weighted by Crippen LogP contribution is -2.37. The number of imide groups is 1. The maximum Gasteiger partial charge on any atom is 0.266 e. The van der Waals surface area contributed by atoms with Crippen LogP contribution in [0.4, 0.5) is 11.4 Å². The minimum atomic E-state index is -0.906. The summed E-state index contributed by atoms with van der Waals surface area (Å²) in [5.41, 5.74) is 3.06. The second-order valence-electron chi connectivity index (χ2n) is 7.60. The van der Waals surface area contributed by atoms with E-state index in [0.29, 0.717) is 5.69 Å². The van der Waals surface area contributed by atoms with E-state index in [4.69, 9.17) is 4.84 Å². The molecular formula is C24H20N2O4. The van der Waals surface area contributed by atoms with E-state index in [-0.39, 0.29) is 17.6 Å². The lowest BCUT2D eigenvalue weighted by molar-refractivity contribution is -0.126. The molecule has 150 valence electrons. The molecule has 0 spiro atoms. The molecule has 2 aliphatic heterocycles. The molecule has 5 rings (SSSR count). The van der Waals surface area contributed by atoms with Crippen LogP contribution in [-0.4, -0.2) is 23.0 Å². The smallest absolute Gasteiger partial charge is 0.266 e. The number of fused-ring (bicyclic) bond motifs is 1. The highest BCUT2D eigenvalue weighted by Crippen LogP contribution is 2.47. The van der Waals surface area contributed by atoms with Crippen molar-refractivity contribution < 1.29 is 19.5 Å². The van der Waals surface area contributed by atoms with Gasteiger partial charge in [-0.1, -0.05) is 42.5 Å². The van der Waals surface area contributed by atoms with Gasteiger partial charge in [0.25, 0.3) is 5.91 Å². The number of nitrogens with zero attached hydrogens (tertiary/aromatic N) is 2. The number of rotatable bonds is 3. The summed E-state index contributed by atoms with van der Waals surface area (Å²) in [5, 5.41) is 11.4. The molecular weight excluding hydrogens is 380 g/mol. The first-order valence-corrected chi connectivity index (χ1v) is 9.79. The highest BCUT2D eigenvalue weighted by atomic mass is 16.7. The monoisotopic (exact) mass is 400 g/mol.